The number of carbonyl (C=O) groups excluding carboxylic acids is 2. The molecule has 0 saturated carbocycles. The van der Waals surface area contributed by atoms with Crippen LogP contribution in [0.4, 0.5) is 0 Å². The van der Waals surface area contributed by atoms with E-state index in [0.29, 0.717) is 24.3 Å². The third-order valence-electron chi connectivity index (χ3n) is 5.71. The van der Waals surface area contributed by atoms with Crippen LogP contribution in [0.3, 0.4) is 0 Å². The summed E-state index contributed by atoms with van der Waals surface area (Å²) in [6, 6.07) is 4.14. The normalized spacial score (nSPS) is 23.9. The van der Waals surface area contributed by atoms with Crippen LogP contribution >= 0.6 is 11.3 Å². The molecule has 0 radical (unpaired) electrons. The fourth-order valence-electron chi connectivity index (χ4n) is 4.17. The van der Waals surface area contributed by atoms with Crippen LogP contribution in [0.1, 0.15) is 42.8 Å². The highest BCUT2D eigenvalue weighted by atomic mass is 32.1. The zero-order chi connectivity index (χ0) is 17.8. The summed E-state index contributed by atoms with van der Waals surface area (Å²) in [6.07, 6.45) is 2.45. The monoisotopic (exact) mass is 363 g/mol. The average Bonchev–Trinajstić information content (AvgIpc) is 3.17. The lowest BCUT2D eigenvalue weighted by Crippen LogP contribution is -2.58. The van der Waals surface area contributed by atoms with Crippen LogP contribution in [0.15, 0.2) is 17.5 Å². The van der Waals surface area contributed by atoms with E-state index in [9.17, 15) is 9.59 Å². The first-order valence-corrected chi connectivity index (χ1v) is 10.4. The third-order valence-corrected chi connectivity index (χ3v) is 6.57. The predicted octanol–water partition coefficient (Wildman–Crippen LogP) is 2.54. The number of likely N-dealkylation sites (tertiary alicyclic amines) is 2. The molecule has 3 heterocycles. The van der Waals surface area contributed by atoms with Crippen LogP contribution in [0.25, 0.3) is 0 Å². The summed E-state index contributed by atoms with van der Waals surface area (Å²) in [5.41, 5.74) is 0. The third kappa shape index (κ3) is 4.06. The summed E-state index contributed by atoms with van der Waals surface area (Å²) >= 11 is 1.51. The van der Waals surface area contributed by atoms with Crippen LogP contribution in [-0.4, -0.2) is 71.8 Å². The number of hydrogen-bond donors (Lipinski definition) is 0. The van der Waals surface area contributed by atoms with Gasteiger partial charge >= 0.3 is 0 Å². The molecule has 1 aromatic rings. The number of nitrogens with zero attached hydrogens (tertiary/aromatic N) is 3. The minimum absolute atomic E-state index is 0.153. The van der Waals surface area contributed by atoms with Gasteiger partial charge in [0.2, 0.25) is 5.91 Å². The molecule has 6 heteroatoms. The molecule has 3 rings (SSSR count). The summed E-state index contributed by atoms with van der Waals surface area (Å²) in [6.45, 7) is 9.69. The number of fused-ring (bicyclic) bond motifs is 1. The first-order valence-electron chi connectivity index (χ1n) is 9.48. The molecule has 2 amide bonds. The lowest BCUT2D eigenvalue weighted by molar-refractivity contribution is -0.140. The van der Waals surface area contributed by atoms with E-state index in [1.54, 1.807) is 0 Å². The molecule has 0 unspecified atom stereocenters. The van der Waals surface area contributed by atoms with Gasteiger partial charge in [0.05, 0.1) is 4.88 Å². The summed E-state index contributed by atoms with van der Waals surface area (Å²) in [5.74, 6) is 0.874. The molecule has 138 valence electrons. The van der Waals surface area contributed by atoms with Gasteiger partial charge in [0.15, 0.2) is 0 Å². The van der Waals surface area contributed by atoms with E-state index in [-0.39, 0.29) is 5.91 Å². The molecule has 2 atom stereocenters. The smallest absolute Gasteiger partial charge is 0.263 e. The van der Waals surface area contributed by atoms with Gasteiger partial charge in [-0.3, -0.25) is 9.59 Å². The first-order chi connectivity index (χ1) is 12.1. The van der Waals surface area contributed by atoms with E-state index >= 15 is 0 Å². The van der Waals surface area contributed by atoms with Gasteiger partial charge in [0.25, 0.3) is 5.91 Å². The van der Waals surface area contributed by atoms with Crippen molar-refractivity contribution in [3.05, 3.63) is 22.4 Å². The van der Waals surface area contributed by atoms with Crippen LogP contribution in [-0.2, 0) is 4.79 Å². The Labute approximate surface area is 154 Å². The zero-order valence-corrected chi connectivity index (χ0v) is 16.1. The Kier molecular flexibility index (Phi) is 6.12. The van der Waals surface area contributed by atoms with Crippen molar-refractivity contribution < 1.29 is 9.59 Å². The number of carbonyl (C=O) groups is 2. The highest BCUT2D eigenvalue weighted by molar-refractivity contribution is 7.12. The van der Waals surface area contributed by atoms with Crippen molar-refractivity contribution in [1.29, 1.82) is 0 Å². The molecule has 0 aromatic carbocycles. The average molecular weight is 364 g/mol. The van der Waals surface area contributed by atoms with E-state index in [2.05, 4.69) is 23.6 Å². The van der Waals surface area contributed by atoms with Gasteiger partial charge in [0.1, 0.15) is 0 Å². The molecule has 2 aliphatic rings. The van der Waals surface area contributed by atoms with Crippen molar-refractivity contribution in [1.82, 2.24) is 14.7 Å². The summed E-state index contributed by atoms with van der Waals surface area (Å²) in [7, 11) is 0. The van der Waals surface area contributed by atoms with E-state index in [1.807, 2.05) is 22.4 Å². The highest BCUT2D eigenvalue weighted by Crippen LogP contribution is 2.32. The lowest BCUT2D eigenvalue weighted by Gasteiger charge is -2.47. The Hall–Kier alpha value is -1.40. The van der Waals surface area contributed by atoms with E-state index < -0.39 is 0 Å². The fourth-order valence-corrected chi connectivity index (χ4v) is 4.86. The van der Waals surface area contributed by atoms with Gasteiger partial charge in [-0.1, -0.05) is 19.9 Å². The maximum atomic E-state index is 12.6. The molecular formula is C19H29N3O2S. The Balaban J connectivity index is 1.62. The van der Waals surface area contributed by atoms with Crippen molar-refractivity contribution >= 4 is 23.2 Å². The predicted molar refractivity (Wildman–Crippen MR) is 101 cm³/mol. The quantitative estimate of drug-likeness (QED) is 0.780. The molecule has 0 bridgehead atoms. The van der Waals surface area contributed by atoms with Crippen LogP contribution in [0.2, 0.25) is 0 Å². The van der Waals surface area contributed by atoms with Gasteiger partial charge in [0, 0.05) is 38.6 Å². The van der Waals surface area contributed by atoms with E-state index in [4.69, 9.17) is 0 Å². The fraction of sp³-hybridized carbons (Fsp3) is 0.684. The topological polar surface area (TPSA) is 43.9 Å². The maximum Gasteiger partial charge on any atom is 0.263 e. The molecular weight excluding hydrogens is 334 g/mol. The number of amides is 2. The minimum atomic E-state index is 0.153. The Morgan fingerprint density at radius 2 is 2.12 bits per heavy atom. The number of likely N-dealkylation sites (N-methyl/N-ethyl adjacent to an activating group) is 1. The van der Waals surface area contributed by atoms with Crippen molar-refractivity contribution in [2.75, 3.05) is 39.3 Å². The van der Waals surface area contributed by atoms with Crippen molar-refractivity contribution in [2.45, 2.75) is 39.2 Å². The first kappa shape index (κ1) is 18.4. The van der Waals surface area contributed by atoms with Crippen LogP contribution in [0, 0.1) is 5.92 Å². The lowest BCUT2D eigenvalue weighted by atomic mass is 9.83. The van der Waals surface area contributed by atoms with Crippen molar-refractivity contribution in [2.24, 2.45) is 5.92 Å². The number of hydrogen-bond acceptors (Lipinski definition) is 4. The summed E-state index contributed by atoms with van der Waals surface area (Å²) < 4.78 is 0. The number of piperidine rings is 2. The van der Waals surface area contributed by atoms with Crippen LogP contribution < -0.4 is 0 Å². The molecule has 0 aliphatic carbocycles. The van der Waals surface area contributed by atoms with E-state index in [1.165, 1.54) is 11.3 Å². The molecule has 25 heavy (non-hydrogen) atoms. The molecule has 0 spiro atoms. The number of rotatable bonds is 6. The van der Waals surface area contributed by atoms with Crippen LogP contribution in [0.5, 0.6) is 0 Å². The second-order valence-corrected chi connectivity index (χ2v) is 7.94. The molecule has 0 N–H and O–H groups in total. The SMILES string of the molecule is CCN(CC)CCN1C(=O)CC[C@@H]2CN(C(=O)c3cccs3)CC[C@@H]21. The maximum absolute atomic E-state index is 12.6. The molecule has 1 aromatic heterocycles. The van der Waals surface area contributed by atoms with Crippen molar-refractivity contribution in [3.63, 3.8) is 0 Å². The Bertz CT molecular complexity index is 585. The highest BCUT2D eigenvalue weighted by Gasteiger charge is 2.40. The minimum Gasteiger partial charge on any atom is -0.338 e. The van der Waals surface area contributed by atoms with E-state index in [0.717, 1.165) is 57.0 Å². The second kappa shape index (κ2) is 8.32. The second-order valence-electron chi connectivity index (χ2n) is 7.00. The van der Waals surface area contributed by atoms with Crippen molar-refractivity contribution in [3.8, 4) is 0 Å². The van der Waals surface area contributed by atoms with Gasteiger partial charge < -0.3 is 14.7 Å². The van der Waals surface area contributed by atoms with Gasteiger partial charge in [-0.15, -0.1) is 11.3 Å². The summed E-state index contributed by atoms with van der Waals surface area (Å²) in [5, 5.41) is 1.95. The standard InChI is InChI=1S/C19H29N3O2S/c1-3-20(4-2)11-12-22-16-9-10-21(14-15(16)7-8-18(22)23)19(24)17-6-5-13-25-17/h5-6,13,15-16H,3-4,7-12,14H2,1-2H3/t15-,16+/m1/s1. The Morgan fingerprint density at radius 1 is 1.32 bits per heavy atom. The largest absolute Gasteiger partial charge is 0.338 e. The van der Waals surface area contributed by atoms with Gasteiger partial charge in [-0.25, -0.2) is 0 Å². The zero-order valence-electron chi connectivity index (χ0n) is 15.3. The Morgan fingerprint density at radius 3 is 2.80 bits per heavy atom. The molecule has 5 nitrogen and oxygen atoms in total. The molecule has 2 fully saturated rings. The summed E-state index contributed by atoms with van der Waals surface area (Å²) in [4.78, 5) is 32.4. The van der Waals surface area contributed by atoms with Gasteiger partial charge in [-0.05, 0) is 43.3 Å². The van der Waals surface area contributed by atoms with Gasteiger partial charge in [-0.2, -0.15) is 0 Å². The molecule has 2 aliphatic heterocycles. The number of thiophene rings is 1. The molecule has 2 saturated heterocycles.